The molecule has 0 saturated heterocycles. The summed E-state index contributed by atoms with van der Waals surface area (Å²) in [7, 11) is 0. The summed E-state index contributed by atoms with van der Waals surface area (Å²) in [6.45, 7) is 9.82. The molecule has 10 nitrogen and oxygen atoms in total. The molecule has 3 aromatic rings. The second kappa shape index (κ2) is 9.05. The summed E-state index contributed by atoms with van der Waals surface area (Å²) in [4.78, 5) is 30.9. The van der Waals surface area contributed by atoms with Crippen molar-refractivity contribution in [1.82, 2.24) is 19.7 Å². The highest BCUT2D eigenvalue weighted by molar-refractivity contribution is 6.02. The maximum atomic E-state index is 14.6. The number of nitrogens with one attached hydrogen (secondary N) is 2. The van der Waals surface area contributed by atoms with Gasteiger partial charge in [-0.1, -0.05) is 0 Å². The third-order valence-electron chi connectivity index (χ3n) is 5.52. The number of nitrogens with zero attached hydrogens (tertiary/aromatic N) is 4. The molecule has 35 heavy (non-hydrogen) atoms. The Bertz CT molecular complexity index is 1300. The van der Waals surface area contributed by atoms with Gasteiger partial charge in [-0.25, -0.2) is 14.2 Å². The minimum absolute atomic E-state index is 0.0137. The maximum Gasteiger partial charge on any atom is 0.412 e. The monoisotopic (exact) mass is 484 g/mol. The number of carbonyl (C=O) groups is 2. The van der Waals surface area contributed by atoms with Crippen LogP contribution in [0, 0.1) is 5.82 Å². The van der Waals surface area contributed by atoms with Crippen LogP contribution in [0.1, 0.15) is 40.3 Å². The zero-order valence-corrected chi connectivity index (χ0v) is 20.3. The highest BCUT2D eigenvalue weighted by Crippen LogP contribution is 2.34. The number of aromatic nitrogens is 3. The summed E-state index contributed by atoms with van der Waals surface area (Å²) in [6, 6.07) is 4.84. The first-order valence-corrected chi connectivity index (χ1v) is 11.4. The van der Waals surface area contributed by atoms with Gasteiger partial charge in [-0.2, -0.15) is 5.10 Å². The fourth-order valence-corrected chi connectivity index (χ4v) is 3.96. The highest BCUT2D eigenvalue weighted by Gasteiger charge is 2.24. The van der Waals surface area contributed by atoms with Crippen LogP contribution in [-0.2, 0) is 22.5 Å². The molecule has 0 atom stereocenters. The van der Waals surface area contributed by atoms with Crippen molar-refractivity contribution in [2.45, 2.75) is 59.2 Å². The van der Waals surface area contributed by atoms with Gasteiger partial charge < -0.3 is 20.1 Å². The van der Waals surface area contributed by atoms with Gasteiger partial charge in [0.1, 0.15) is 18.0 Å². The van der Waals surface area contributed by atoms with Crippen LogP contribution in [-0.4, -0.2) is 55.0 Å². The molecule has 11 heteroatoms. The molecule has 2 amide bonds. The van der Waals surface area contributed by atoms with Gasteiger partial charge in [0.05, 0.1) is 5.69 Å². The number of rotatable bonds is 4. The molecular weight excluding hydrogens is 455 g/mol. The van der Waals surface area contributed by atoms with E-state index in [1.807, 2.05) is 24.8 Å². The predicted molar refractivity (Wildman–Crippen MR) is 129 cm³/mol. The number of pyridine rings is 1. The molecule has 1 aromatic carbocycles. The third kappa shape index (κ3) is 5.28. The number of carbonyl (C=O) groups excluding carboxylic acids is 2. The van der Waals surface area contributed by atoms with Gasteiger partial charge in [0.15, 0.2) is 17.4 Å². The molecule has 1 aliphatic rings. The lowest BCUT2D eigenvalue weighted by molar-refractivity contribution is -0.133. The SMILES string of the molecule is CC(C)N1CCc2cc(Nc3cc4cc(O)c(F)c(NC(=O)OC(C)(C)C)c4cn3)nn2CC1=O. The summed E-state index contributed by atoms with van der Waals surface area (Å²) >= 11 is 0. The van der Waals surface area contributed by atoms with Crippen molar-refractivity contribution in [2.75, 3.05) is 17.2 Å². The first kappa shape index (κ1) is 24.2. The van der Waals surface area contributed by atoms with Crippen LogP contribution in [0.4, 0.5) is 26.5 Å². The van der Waals surface area contributed by atoms with Crippen molar-refractivity contribution in [3.05, 3.63) is 35.9 Å². The Morgan fingerprint density at radius 2 is 1.97 bits per heavy atom. The lowest BCUT2D eigenvalue weighted by atomic mass is 10.1. The molecular formula is C24H29FN6O4. The number of hydrogen-bond acceptors (Lipinski definition) is 7. The third-order valence-corrected chi connectivity index (χ3v) is 5.52. The van der Waals surface area contributed by atoms with Crippen molar-refractivity contribution in [2.24, 2.45) is 0 Å². The lowest BCUT2D eigenvalue weighted by Gasteiger charge is -2.24. The van der Waals surface area contributed by atoms with Gasteiger partial charge >= 0.3 is 6.09 Å². The number of hydrogen-bond donors (Lipinski definition) is 3. The van der Waals surface area contributed by atoms with Crippen LogP contribution in [0.2, 0.25) is 0 Å². The van der Waals surface area contributed by atoms with E-state index in [1.54, 1.807) is 31.5 Å². The molecule has 0 aliphatic carbocycles. The zero-order valence-electron chi connectivity index (χ0n) is 20.3. The molecule has 0 saturated carbocycles. The molecule has 0 fully saturated rings. The average molecular weight is 485 g/mol. The number of anilines is 3. The number of amides is 2. The number of phenolic OH excluding ortho intramolecular Hbond substituents is 1. The van der Waals surface area contributed by atoms with E-state index in [2.05, 4.69) is 20.7 Å². The Labute approximate surface area is 202 Å². The summed E-state index contributed by atoms with van der Waals surface area (Å²) in [6.07, 6.45) is 1.21. The van der Waals surface area contributed by atoms with Crippen LogP contribution >= 0.6 is 0 Å². The smallest absolute Gasteiger partial charge is 0.412 e. The molecule has 0 spiro atoms. The van der Waals surface area contributed by atoms with E-state index in [-0.39, 0.29) is 29.6 Å². The van der Waals surface area contributed by atoms with Crippen molar-refractivity contribution in [3.8, 4) is 5.75 Å². The standard InChI is InChI=1S/C24H29FN6O4/c1-13(2)30-7-6-15-10-19(29-31(15)12-20(30)33)27-18-9-14-8-17(32)21(25)22(16(14)11-26-18)28-23(34)35-24(3,4)5/h8-11,13,32H,6-7,12H2,1-5H3,(H,28,34)(H,26,27,29). The number of halogens is 1. The topological polar surface area (TPSA) is 122 Å². The van der Waals surface area contributed by atoms with Crippen LogP contribution in [0.25, 0.3) is 10.8 Å². The van der Waals surface area contributed by atoms with E-state index in [0.29, 0.717) is 30.0 Å². The molecule has 4 rings (SSSR count). The van der Waals surface area contributed by atoms with Crippen LogP contribution in [0.15, 0.2) is 24.4 Å². The second-order valence-electron chi connectivity index (χ2n) is 9.74. The Morgan fingerprint density at radius 1 is 1.23 bits per heavy atom. The van der Waals surface area contributed by atoms with E-state index < -0.39 is 23.3 Å². The van der Waals surface area contributed by atoms with Crippen molar-refractivity contribution in [1.29, 1.82) is 0 Å². The van der Waals surface area contributed by atoms with E-state index in [4.69, 9.17) is 4.74 Å². The number of ether oxygens (including phenoxy) is 1. The predicted octanol–water partition coefficient (Wildman–Crippen LogP) is 4.16. The van der Waals surface area contributed by atoms with Crippen LogP contribution in [0.5, 0.6) is 5.75 Å². The normalized spacial score (nSPS) is 14.1. The van der Waals surface area contributed by atoms with Gasteiger partial charge in [0.25, 0.3) is 0 Å². The molecule has 0 unspecified atom stereocenters. The van der Waals surface area contributed by atoms with Gasteiger partial charge in [0, 0.05) is 42.4 Å². The van der Waals surface area contributed by atoms with Gasteiger partial charge in [0.2, 0.25) is 5.91 Å². The minimum Gasteiger partial charge on any atom is -0.505 e. The lowest BCUT2D eigenvalue weighted by Crippen LogP contribution is -2.38. The molecule has 3 N–H and O–H groups in total. The molecule has 1 aliphatic heterocycles. The number of benzene rings is 1. The first-order chi connectivity index (χ1) is 16.4. The van der Waals surface area contributed by atoms with Gasteiger partial charge in [-0.15, -0.1) is 0 Å². The zero-order chi connectivity index (χ0) is 25.5. The Morgan fingerprint density at radius 3 is 2.66 bits per heavy atom. The molecule has 3 heterocycles. The summed E-state index contributed by atoms with van der Waals surface area (Å²) in [5.41, 5.74) is -0.0771. The average Bonchev–Trinajstić information content (AvgIpc) is 3.03. The van der Waals surface area contributed by atoms with Crippen molar-refractivity contribution < 1.29 is 23.8 Å². The Hall–Kier alpha value is -3.89. The number of fused-ring (bicyclic) bond motifs is 2. The maximum absolute atomic E-state index is 14.6. The summed E-state index contributed by atoms with van der Waals surface area (Å²) in [5.74, 6) is -0.683. The fraction of sp³-hybridized carbons (Fsp3) is 0.417. The molecule has 186 valence electrons. The fourth-order valence-electron chi connectivity index (χ4n) is 3.96. The first-order valence-electron chi connectivity index (χ1n) is 11.4. The van der Waals surface area contributed by atoms with Gasteiger partial charge in [-0.3, -0.25) is 14.8 Å². The van der Waals surface area contributed by atoms with E-state index >= 15 is 0 Å². The summed E-state index contributed by atoms with van der Waals surface area (Å²) in [5, 5.41) is 20.8. The second-order valence-corrected chi connectivity index (χ2v) is 9.74. The van der Waals surface area contributed by atoms with E-state index in [0.717, 1.165) is 5.69 Å². The van der Waals surface area contributed by atoms with Crippen molar-refractivity contribution in [3.63, 3.8) is 0 Å². The quantitative estimate of drug-likeness (QED) is 0.508. The Kier molecular flexibility index (Phi) is 6.27. The molecule has 0 bridgehead atoms. The highest BCUT2D eigenvalue weighted by atomic mass is 19.1. The number of aromatic hydroxyl groups is 1. The van der Waals surface area contributed by atoms with Crippen LogP contribution < -0.4 is 10.6 Å². The molecule has 2 aromatic heterocycles. The van der Waals surface area contributed by atoms with Crippen LogP contribution in [0.3, 0.4) is 0 Å². The Balaban J connectivity index is 1.58. The summed E-state index contributed by atoms with van der Waals surface area (Å²) < 4.78 is 21.5. The van der Waals surface area contributed by atoms with E-state index in [1.165, 1.54) is 12.3 Å². The van der Waals surface area contributed by atoms with Crippen molar-refractivity contribution >= 4 is 40.1 Å². The van der Waals surface area contributed by atoms with E-state index in [9.17, 15) is 19.1 Å². The molecule has 0 radical (unpaired) electrons. The largest absolute Gasteiger partial charge is 0.505 e. The minimum atomic E-state index is -0.983. The number of phenols is 1. The van der Waals surface area contributed by atoms with Gasteiger partial charge in [-0.05, 0) is 52.1 Å².